The average molecular weight is 414 g/mol. The largest absolute Gasteiger partial charge is 0.463 e. The van der Waals surface area contributed by atoms with E-state index in [-0.39, 0.29) is 12.6 Å². The third-order valence-electron chi connectivity index (χ3n) is 4.60. The van der Waals surface area contributed by atoms with Gasteiger partial charge in [-0.2, -0.15) is 0 Å². The molecule has 1 heterocycles. The predicted molar refractivity (Wildman–Crippen MR) is 112 cm³/mol. The molecule has 0 fully saturated rings. The quantitative estimate of drug-likeness (QED) is 0.606. The van der Waals surface area contributed by atoms with Crippen molar-refractivity contribution < 1.29 is 14.3 Å². The number of carbonyl (C=O) groups excluding carboxylic acids is 2. The Morgan fingerprint density at radius 1 is 1.10 bits per heavy atom. The molecule has 1 unspecified atom stereocenters. The number of esters is 1. The lowest BCUT2D eigenvalue weighted by molar-refractivity contribution is -0.139. The van der Waals surface area contributed by atoms with E-state index in [0.29, 0.717) is 29.4 Å². The molecule has 3 N–H and O–H groups in total. The van der Waals surface area contributed by atoms with Crippen LogP contribution in [0.3, 0.4) is 0 Å². The Morgan fingerprint density at radius 2 is 1.79 bits per heavy atom. The van der Waals surface area contributed by atoms with Gasteiger partial charge in [-0.1, -0.05) is 53.6 Å². The predicted octanol–water partition coefficient (Wildman–Crippen LogP) is 3.61. The van der Waals surface area contributed by atoms with Crippen molar-refractivity contribution in [3.05, 3.63) is 81.5 Å². The number of hydrogen-bond donors (Lipinski definition) is 3. The fourth-order valence-electron chi connectivity index (χ4n) is 3.15. The number of urea groups is 1. The maximum Gasteiger partial charge on any atom is 0.338 e. The molecule has 2 aromatic rings. The molecule has 2 aromatic carbocycles. The minimum atomic E-state index is -0.615. The second-order valence-corrected chi connectivity index (χ2v) is 7.22. The number of benzene rings is 2. The van der Waals surface area contributed by atoms with E-state index in [0.717, 1.165) is 11.1 Å². The van der Waals surface area contributed by atoms with Gasteiger partial charge in [0.1, 0.15) is 0 Å². The second-order valence-electron chi connectivity index (χ2n) is 6.78. The summed E-state index contributed by atoms with van der Waals surface area (Å²) in [5.41, 5.74) is 3.94. The molecule has 152 valence electrons. The summed E-state index contributed by atoms with van der Waals surface area (Å²) in [6, 6.07) is 14.2. The van der Waals surface area contributed by atoms with Gasteiger partial charge in [0.2, 0.25) is 0 Å². The van der Waals surface area contributed by atoms with Crippen molar-refractivity contribution in [3.8, 4) is 0 Å². The SMILES string of the molecule is CCOC(=O)C1=C(CNCc2ccc(C)cc2)NC(=O)NC1c1ccc(Cl)cc1. The summed E-state index contributed by atoms with van der Waals surface area (Å²) in [7, 11) is 0. The molecule has 2 amide bonds. The van der Waals surface area contributed by atoms with Crippen molar-refractivity contribution in [2.24, 2.45) is 0 Å². The van der Waals surface area contributed by atoms with Crippen LogP contribution in [0.4, 0.5) is 4.79 Å². The summed E-state index contributed by atoms with van der Waals surface area (Å²) in [5, 5.41) is 9.43. The number of amides is 2. The molecule has 0 bridgehead atoms. The van der Waals surface area contributed by atoms with Gasteiger partial charge in [-0.05, 0) is 37.1 Å². The Hall–Kier alpha value is -2.83. The third-order valence-corrected chi connectivity index (χ3v) is 4.86. The van der Waals surface area contributed by atoms with Crippen LogP contribution in [0.5, 0.6) is 0 Å². The van der Waals surface area contributed by atoms with E-state index in [9.17, 15) is 9.59 Å². The summed E-state index contributed by atoms with van der Waals surface area (Å²) < 4.78 is 5.26. The molecule has 7 heteroatoms. The first-order valence-electron chi connectivity index (χ1n) is 9.47. The minimum Gasteiger partial charge on any atom is -0.463 e. The number of ether oxygens (including phenoxy) is 1. The fourth-order valence-corrected chi connectivity index (χ4v) is 3.28. The molecular weight excluding hydrogens is 390 g/mol. The van der Waals surface area contributed by atoms with E-state index in [1.54, 1.807) is 31.2 Å². The maximum absolute atomic E-state index is 12.7. The molecule has 0 radical (unpaired) electrons. The Morgan fingerprint density at radius 3 is 2.45 bits per heavy atom. The number of halogens is 1. The minimum absolute atomic E-state index is 0.244. The third kappa shape index (κ3) is 5.37. The van der Waals surface area contributed by atoms with Crippen LogP contribution in [-0.4, -0.2) is 25.2 Å². The van der Waals surface area contributed by atoms with Crippen LogP contribution in [0.1, 0.15) is 29.7 Å². The second kappa shape index (κ2) is 9.58. The summed E-state index contributed by atoms with van der Waals surface area (Å²) in [6.45, 7) is 4.96. The molecule has 0 spiro atoms. The normalized spacial score (nSPS) is 16.2. The van der Waals surface area contributed by atoms with Crippen LogP contribution in [0, 0.1) is 6.92 Å². The van der Waals surface area contributed by atoms with Crippen LogP contribution in [0.15, 0.2) is 59.8 Å². The lowest BCUT2D eigenvalue weighted by Gasteiger charge is -2.29. The molecule has 0 saturated carbocycles. The molecule has 3 rings (SSSR count). The van der Waals surface area contributed by atoms with Crippen molar-refractivity contribution in [2.45, 2.75) is 26.4 Å². The van der Waals surface area contributed by atoms with E-state index in [1.165, 1.54) is 5.56 Å². The fraction of sp³-hybridized carbons (Fsp3) is 0.273. The van der Waals surface area contributed by atoms with Crippen LogP contribution >= 0.6 is 11.6 Å². The summed E-state index contributed by atoms with van der Waals surface area (Å²) in [4.78, 5) is 25.0. The number of rotatable bonds is 7. The zero-order chi connectivity index (χ0) is 20.8. The van der Waals surface area contributed by atoms with E-state index in [1.807, 2.05) is 31.2 Å². The molecule has 29 heavy (non-hydrogen) atoms. The number of carbonyl (C=O) groups is 2. The zero-order valence-corrected chi connectivity index (χ0v) is 17.2. The van der Waals surface area contributed by atoms with Crippen molar-refractivity contribution in [1.29, 1.82) is 0 Å². The van der Waals surface area contributed by atoms with E-state index < -0.39 is 12.0 Å². The number of nitrogens with one attached hydrogen (secondary N) is 3. The smallest absolute Gasteiger partial charge is 0.338 e. The molecule has 0 saturated heterocycles. The highest BCUT2D eigenvalue weighted by atomic mass is 35.5. The Labute approximate surface area is 175 Å². The Kier molecular flexibility index (Phi) is 6.90. The summed E-state index contributed by atoms with van der Waals surface area (Å²) in [5.74, 6) is -0.466. The lowest BCUT2D eigenvalue weighted by atomic mass is 9.95. The first-order valence-corrected chi connectivity index (χ1v) is 9.85. The van der Waals surface area contributed by atoms with Gasteiger partial charge in [0.05, 0.1) is 18.2 Å². The highest BCUT2D eigenvalue weighted by Gasteiger charge is 2.33. The van der Waals surface area contributed by atoms with Gasteiger partial charge in [0.25, 0.3) is 0 Å². The number of aryl methyl sites for hydroxylation is 1. The summed E-state index contributed by atoms with van der Waals surface area (Å²) in [6.07, 6.45) is 0. The Bertz CT molecular complexity index is 908. The molecule has 0 aliphatic carbocycles. The summed E-state index contributed by atoms with van der Waals surface area (Å²) >= 11 is 5.98. The van der Waals surface area contributed by atoms with Crippen LogP contribution < -0.4 is 16.0 Å². The van der Waals surface area contributed by atoms with Crippen LogP contribution in [-0.2, 0) is 16.1 Å². The van der Waals surface area contributed by atoms with Gasteiger partial charge in [-0.25, -0.2) is 9.59 Å². The zero-order valence-electron chi connectivity index (χ0n) is 16.4. The molecule has 0 aromatic heterocycles. The molecule has 1 aliphatic rings. The first kappa shape index (κ1) is 20.9. The van der Waals surface area contributed by atoms with Crippen LogP contribution in [0.25, 0.3) is 0 Å². The van der Waals surface area contributed by atoms with Gasteiger partial charge in [-0.3, -0.25) is 0 Å². The van der Waals surface area contributed by atoms with Crippen molar-refractivity contribution in [3.63, 3.8) is 0 Å². The standard InChI is InChI=1S/C22H24ClN3O3/c1-3-29-21(27)19-18(13-24-12-15-6-4-14(2)5-7-15)25-22(28)26-20(19)16-8-10-17(23)11-9-16/h4-11,20,24H,3,12-13H2,1-2H3,(H2,25,26,28). The number of hydrogen-bond acceptors (Lipinski definition) is 4. The molecular formula is C22H24ClN3O3. The Balaban J connectivity index is 1.85. The maximum atomic E-state index is 12.7. The lowest BCUT2D eigenvalue weighted by Crippen LogP contribution is -2.48. The van der Waals surface area contributed by atoms with Crippen molar-refractivity contribution in [1.82, 2.24) is 16.0 Å². The van der Waals surface area contributed by atoms with Crippen LogP contribution in [0.2, 0.25) is 5.02 Å². The van der Waals surface area contributed by atoms with Gasteiger partial charge >= 0.3 is 12.0 Å². The topological polar surface area (TPSA) is 79.5 Å². The van der Waals surface area contributed by atoms with Gasteiger partial charge in [-0.15, -0.1) is 0 Å². The monoisotopic (exact) mass is 413 g/mol. The van der Waals surface area contributed by atoms with Crippen molar-refractivity contribution in [2.75, 3.05) is 13.2 Å². The van der Waals surface area contributed by atoms with E-state index in [2.05, 4.69) is 16.0 Å². The van der Waals surface area contributed by atoms with E-state index >= 15 is 0 Å². The van der Waals surface area contributed by atoms with Gasteiger partial charge in [0.15, 0.2) is 0 Å². The molecule has 6 nitrogen and oxygen atoms in total. The first-order chi connectivity index (χ1) is 14.0. The molecule has 1 atom stereocenters. The van der Waals surface area contributed by atoms with E-state index in [4.69, 9.17) is 16.3 Å². The highest BCUT2D eigenvalue weighted by molar-refractivity contribution is 6.30. The average Bonchev–Trinajstić information content (AvgIpc) is 2.70. The highest BCUT2D eigenvalue weighted by Crippen LogP contribution is 2.28. The molecule has 1 aliphatic heterocycles. The van der Waals surface area contributed by atoms with Gasteiger partial charge < -0.3 is 20.7 Å². The van der Waals surface area contributed by atoms with Gasteiger partial charge in [0, 0.05) is 23.8 Å². The van der Waals surface area contributed by atoms with Crippen molar-refractivity contribution >= 4 is 23.6 Å².